The van der Waals surface area contributed by atoms with Gasteiger partial charge in [-0.05, 0) is 19.4 Å². The summed E-state index contributed by atoms with van der Waals surface area (Å²) in [6.45, 7) is 3.62. The lowest BCUT2D eigenvalue weighted by Gasteiger charge is -2.27. The van der Waals surface area contributed by atoms with Crippen molar-refractivity contribution in [3.8, 4) is 0 Å². The number of hydrogen-bond acceptors (Lipinski definition) is 3. The highest BCUT2D eigenvalue weighted by Gasteiger charge is 2.23. The molecule has 0 amide bonds. The van der Waals surface area contributed by atoms with Crippen LogP contribution in [0.15, 0.2) is 30.3 Å². The third-order valence-electron chi connectivity index (χ3n) is 2.65. The number of rotatable bonds is 6. The molecule has 0 aliphatic rings. The molecule has 1 aromatic rings. The van der Waals surface area contributed by atoms with Gasteiger partial charge in [0.2, 0.25) is 0 Å². The Morgan fingerprint density at radius 3 is 2.39 bits per heavy atom. The standard InChI is InChI=1S/C12H18FNO3S/c1-12(2,10-6-4-3-5-7-10)14-8-11(13)9-18(15,16)17/h3-7,11,14H,8-9H2,1-2H3,(H,15,16,17)/t11-/m1/s1. The third kappa shape index (κ3) is 5.12. The van der Waals surface area contributed by atoms with Crippen molar-refractivity contribution in [2.75, 3.05) is 12.3 Å². The molecule has 1 aromatic carbocycles. The number of nitrogens with one attached hydrogen (secondary N) is 1. The summed E-state index contributed by atoms with van der Waals surface area (Å²) in [7, 11) is -4.27. The molecular formula is C12H18FNO3S. The molecule has 4 nitrogen and oxygen atoms in total. The van der Waals surface area contributed by atoms with Gasteiger partial charge in [0.05, 0.1) is 0 Å². The molecule has 0 aromatic heterocycles. The Hall–Kier alpha value is -0.980. The second-order valence-electron chi connectivity index (χ2n) is 4.72. The molecule has 0 radical (unpaired) electrons. The number of alkyl halides is 1. The summed E-state index contributed by atoms with van der Waals surface area (Å²) < 4.78 is 42.9. The molecule has 0 saturated carbocycles. The van der Waals surface area contributed by atoms with E-state index in [1.165, 1.54) is 0 Å². The van der Waals surface area contributed by atoms with Crippen molar-refractivity contribution in [1.29, 1.82) is 0 Å². The first-order valence-electron chi connectivity index (χ1n) is 5.60. The molecule has 1 atom stereocenters. The quantitative estimate of drug-likeness (QED) is 0.776. The van der Waals surface area contributed by atoms with Gasteiger partial charge < -0.3 is 5.32 Å². The summed E-state index contributed by atoms with van der Waals surface area (Å²) in [5.41, 5.74) is 0.509. The summed E-state index contributed by atoms with van der Waals surface area (Å²) in [6.07, 6.45) is -1.64. The Labute approximate surface area is 107 Å². The molecule has 0 bridgehead atoms. The van der Waals surface area contributed by atoms with Crippen LogP contribution in [0.25, 0.3) is 0 Å². The van der Waals surface area contributed by atoms with Crippen molar-refractivity contribution < 1.29 is 17.4 Å². The minimum absolute atomic E-state index is 0.137. The van der Waals surface area contributed by atoms with E-state index in [-0.39, 0.29) is 6.54 Å². The lowest BCUT2D eigenvalue weighted by molar-refractivity contribution is 0.294. The zero-order valence-corrected chi connectivity index (χ0v) is 11.2. The van der Waals surface area contributed by atoms with Crippen molar-refractivity contribution in [3.63, 3.8) is 0 Å². The van der Waals surface area contributed by atoms with Crippen LogP contribution in [0, 0.1) is 0 Å². The molecular weight excluding hydrogens is 257 g/mol. The largest absolute Gasteiger partial charge is 0.305 e. The Morgan fingerprint density at radius 1 is 1.33 bits per heavy atom. The summed E-state index contributed by atoms with van der Waals surface area (Å²) in [6, 6.07) is 9.45. The van der Waals surface area contributed by atoms with Crippen LogP contribution >= 0.6 is 0 Å². The van der Waals surface area contributed by atoms with E-state index in [0.717, 1.165) is 5.56 Å². The maximum absolute atomic E-state index is 13.3. The van der Waals surface area contributed by atoms with Gasteiger partial charge in [0, 0.05) is 12.1 Å². The Balaban J connectivity index is 2.57. The predicted octanol–water partition coefficient (Wildman–Crippen LogP) is 1.74. The van der Waals surface area contributed by atoms with Crippen LogP contribution in [0.1, 0.15) is 19.4 Å². The number of benzene rings is 1. The van der Waals surface area contributed by atoms with E-state index >= 15 is 0 Å². The first kappa shape index (κ1) is 15.1. The average Bonchev–Trinajstić information content (AvgIpc) is 2.26. The van der Waals surface area contributed by atoms with Gasteiger partial charge in [-0.25, -0.2) is 4.39 Å². The van der Waals surface area contributed by atoms with E-state index in [0.29, 0.717) is 0 Å². The third-order valence-corrected chi connectivity index (χ3v) is 3.44. The molecule has 0 heterocycles. The normalized spacial score (nSPS) is 14.4. The van der Waals surface area contributed by atoms with Crippen LogP contribution in [0.4, 0.5) is 4.39 Å². The van der Waals surface area contributed by atoms with Crippen LogP contribution in [-0.4, -0.2) is 31.4 Å². The molecule has 0 spiro atoms. The average molecular weight is 275 g/mol. The lowest BCUT2D eigenvalue weighted by Crippen LogP contribution is -2.41. The van der Waals surface area contributed by atoms with E-state index < -0.39 is 27.6 Å². The minimum Gasteiger partial charge on any atom is -0.305 e. The van der Waals surface area contributed by atoms with Gasteiger partial charge in [0.25, 0.3) is 10.1 Å². The molecule has 0 saturated heterocycles. The van der Waals surface area contributed by atoms with Crippen molar-refractivity contribution >= 4 is 10.1 Å². The van der Waals surface area contributed by atoms with Crippen LogP contribution in [0.3, 0.4) is 0 Å². The smallest absolute Gasteiger partial charge is 0.267 e. The second kappa shape index (κ2) is 5.77. The fraction of sp³-hybridized carbons (Fsp3) is 0.500. The molecule has 6 heteroatoms. The Kier molecular flexibility index (Phi) is 4.84. The fourth-order valence-electron chi connectivity index (χ4n) is 1.61. The Bertz CT molecular complexity index is 473. The zero-order valence-electron chi connectivity index (χ0n) is 10.4. The summed E-state index contributed by atoms with van der Waals surface area (Å²) in [5.74, 6) is -0.884. The van der Waals surface area contributed by atoms with Gasteiger partial charge in [-0.3, -0.25) is 4.55 Å². The summed E-state index contributed by atoms with van der Waals surface area (Å²) >= 11 is 0. The van der Waals surface area contributed by atoms with Crippen LogP contribution < -0.4 is 5.32 Å². The van der Waals surface area contributed by atoms with Gasteiger partial charge in [-0.2, -0.15) is 8.42 Å². The Morgan fingerprint density at radius 2 is 1.89 bits per heavy atom. The van der Waals surface area contributed by atoms with Gasteiger partial charge in [-0.1, -0.05) is 30.3 Å². The van der Waals surface area contributed by atoms with E-state index in [4.69, 9.17) is 4.55 Å². The highest BCUT2D eigenvalue weighted by Crippen LogP contribution is 2.19. The second-order valence-corrected chi connectivity index (χ2v) is 6.21. The molecule has 0 unspecified atom stereocenters. The fourth-order valence-corrected chi connectivity index (χ4v) is 2.19. The van der Waals surface area contributed by atoms with Crippen molar-refractivity contribution in [2.24, 2.45) is 0 Å². The molecule has 0 aliphatic carbocycles. The van der Waals surface area contributed by atoms with Crippen molar-refractivity contribution in [2.45, 2.75) is 25.6 Å². The molecule has 0 aliphatic heterocycles. The topological polar surface area (TPSA) is 66.4 Å². The van der Waals surface area contributed by atoms with Crippen LogP contribution in [-0.2, 0) is 15.7 Å². The van der Waals surface area contributed by atoms with E-state index in [1.54, 1.807) is 0 Å². The molecule has 0 fully saturated rings. The van der Waals surface area contributed by atoms with E-state index in [2.05, 4.69) is 5.32 Å². The minimum atomic E-state index is -4.27. The van der Waals surface area contributed by atoms with Gasteiger partial charge >= 0.3 is 0 Å². The maximum Gasteiger partial charge on any atom is 0.267 e. The highest BCUT2D eigenvalue weighted by molar-refractivity contribution is 7.85. The van der Waals surface area contributed by atoms with E-state index in [1.807, 2.05) is 44.2 Å². The van der Waals surface area contributed by atoms with Gasteiger partial charge in [0.1, 0.15) is 11.9 Å². The zero-order chi connectivity index (χ0) is 13.8. The first-order chi connectivity index (χ1) is 8.21. The van der Waals surface area contributed by atoms with Crippen LogP contribution in [0.2, 0.25) is 0 Å². The van der Waals surface area contributed by atoms with Crippen molar-refractivity contribution in [3.05, 3.63) is 35.9 Å². The SMILES string of the molecule is CC(C)(NC[C@@H](F)CS(=O)(=O)O)c1ccccc1. The van der Waals surface area contributed by atoms with E-state index in [9.17, 15) is 12.8 Å². The van der Waals surface area contributed by atoms with Crippen molar-refractivity contribution in [1.82, 2.24) is 5.32 Å². The van der Waals surface area contributed by atoms with Gasteiger partial charge in [0.15, 0.2) is 0 Å². The number of halogens is 1. The molecule has 102 valence electrons. The lowest BCUT2D eigenvalue weighted by atomic mass is 9.94. The monoisotopic (exact) mass is 275 g/mol. The first-order valence-corrected chi connectivity index (χ1v) is 7.21. The maximum atomic E-state index is 13.3. The molecule has 1 rings (SSSR count). The van der Waals surface area contributed by atoms with Gasteiger partial charge in [-0.15, -0.1) is 0 Å². The molecule has 2 N–H and O–H groups in total. The molecule has 18 heavy (non-hydrogen) atoms. The van der Waals surface area contributed by atoms with Crippen LogP contribution in [0.5, 0.6) is 0 Å². The predicted molar refractivity (Wildman–Crippen MR) is 68.8 cm³/mol. The number of hydrogen-bond donors (Lipinski definition) is 2. The summed E-state index contributed by atoms with van der Waals surface area (Å²) in [4.78, 5) is 0. The summed E-state index contributed by atoms with van der Waals surface area (Å²) in [5, 5.41) is 2.95. The highest BCUT2D eigenvalue weighted by atomic mass is 32.2.